The van der Waals surface area contributed by atoms with Gasteiger partial charge in [-0.05, 0) is 25.0 Å². The van der Waals surface area contributed by atoms with Gasteiger partial charge in [0, 0.05) is 31.4 Å². The summed E-state index contributed by atoms with van der Waals surface area (Å²) in [6, 6.07) is 7.14. The number of imidazole rings is 1. The van der Waals surface area contributed by atoms with Crippen LogP contribution in [0.1, 0.15) is 24.6 Å². The molecule has 1 aliphatic heterocycles. The average molecular weight is 326 g/mol. The summed E-state index contributed by atoms with van der Waals surface area (Å²) in [7, 11) is 0. The number of nitrogens with one attached hydrogen (secondary N) is 1. The molecule has 0 bridgehead atoms. The first-order valence-electron chi connectivity index (χ1n) is 8.08. The number of para-hydroxylation sites is 2. The van der Waals surface area contributed by atoms with Crippen LogP contribution in [0.3, 0.4) is 0 Å². The fourth-order valence-electron chi connectivity index (χ4n) is 3.33. The highest BCUT2D eigenvalue weighted by Crippen LogP contribution is 2.24. The van der Waals surface area contributed by atoms with Crippen LogP contribution in [0.15, 0.2) is 45.9 Å². The molecule has 1 unspecified atom stereocenters. The van der Waals surface area contributed by atoms with Gasteiger partial charge < -0.3 is 14.3 Å². The molecule has 24 heavy (non-hydrogen) atoms. The number of aromatic nitrogens is 3. The van der Waals surface area contributed by atoms with Crippen molar-refractivity contribution in [2.75, 3.05) is 13.1 Å². The lowest BCUT2D eigenvalue weighted by molar-refractivity contribution is -0.133. The van der Waals surface area contributed by atoms with Crippen molar-refractivity contribution in [3.05, 3.63) is 53.0 Å². The van der Waals surface area contributed by atoms with Crippen LogP contribution in [-0.4, -0.2) is 38.4 Å². The van der Waals surface area contributed by atoms with Crippen LogP contribution in [0.2, 0.25) is 0 Å². The summed E-state index contributed by atoms with van der Waals surface area (Å²) in [4.78, 5) is 33.9. The van der Waals surface area contributed by atoms with Gasteiger partial charge in [-0.1, -0.05) is 12.1 Å². The van der Waals surface area contributed by atoms with E-state index < -0.39 is 5.76 Å². The van der Waals surface area contributed by atoms with E-state index >= 15 is 0 Å². The lowest BCUT2D eigenvalue weighted by Gasteiger charge is -2.31. The highest BCUT2D eigenvalue weighted by molar-refractivity contribution is 5.79. The van der Waals surface area contributed by atoms with Crippen molar-refractivity contribution in [3.63, 3.8) is 0 Å². The first kappa shape index (κ1) is 14.7. The van der Waals surface area contributed by atoms with Crippen LogP contribution in [0.5, 0.6) is 0 Å². The van der Waals surface area contributed by atoms with E-state index in [1.165, 1.54) is 4.57 Å². The van der Waals surface area contributed by atoms with Gasteiger partial charge in [0.15, 0.2) is 5.58 Å². The first-order chi connectivity index (χ1) is 11.7. The number of hydrogen-bond acceptors (Lipinski definition) is 4. The van der Waals surface area contributed by atoms with Gasteiger partial charge in [0.25, 0.3) is 0 Å². The quantitative estimate of drug-likeness (QED) is 0.794. The smallest absolute Gasteiger partial charge is 0.408 e. The Balaban J connectivity index is 1.53. The zero-order valence-electron chi connectivity index (χ0n) is 13.1. The van der Waals surface area contributed by atoms with Crippen LogP contribution in [0.4, 0.5) is 0 Å². The Morgan fingerprint density at radius 3 is 3.08 bits per heavy atom. The number of fused-ring (bicyclic) bond motifs is 1. The number of aromatic amines is 1. The Morgan fingerprint density at radius 2 is 2.25 bits per heavy atom. The number of benzene rings is 1. The lowest BCUT2D eigenvalue weighted by Crippen LogP contribution is -2.42. The number of nitrogens with zero attached hydrogens (tertiary/aromatic N) is 3. The number of likely N-dealkylation sites (tertiary alicyclic amines) is 1. The van der Waals surface area contributed by atoms with E-state index in [0.717, 1.165) is 18.7 Å². The summed E-state index contributed by atoms with van der Waals surface area (Å²) >= 11 is 0. The van der Waals surface area contributed by atoms with Gasteiger partial charge >= 0.3 is 5.76 Å². The Kier molecular flexibility index (Phi) is 3.68. The zero-order valence-corrected chi connectivity index (χ0v) is 13.1. The number of H-pyrrole nitrogens is 1. The van der Waals surface area contributed by atoms with Crippen molar-refractivity contribution in [3.8, 4) is 0 Å². The molecule has 1 N–H and O–H groups in total. The van der Waals surface area contributed by atoms with Gasteiger partial charge in [-0.25, -0.2) is 9.78 Å². The van der Waals surface area contributed by atoms with Gasteiger partial charge in [0.1, 0.15) is 12.4 Å². The summed E-state index contributed by atoms with van der Waals surface area (Å²) in [5, 5.41) is 0. The second kappa shape index (κ2) is 5.99. The standard InChI is InChI=1S/C17H18N4O3/c22-15(11-21-13-5-1-2-6-14(13)24-17(21)23)20-9-3-4-12(10-20)16-18-7-8-19-16/h1-2,5-8,12H,3-4,9-11H2,(H,18,19). The highest BCUT2D eigenvalue weighted by Gasteiger charge is 2.27. The number of oxazole rings is 1. The molecule has 1 saturated heterocycles. The summed E-state index contributed by atoms with van der Waals surface area (Å²) in [6.07, 6.45) is 5.46. The number of piperidine rings is 1. The molecular weight excluding hydrogens is 308 g/mol. The van der Waals surface area contributed by atoms with E-state index in [4.69, 9.17) is 4.42 Å². The molecule has 0 spiro atoms. The molecule has 124 valence electrons. The Hall–Kier alpha value is -2.83. The summed E-state index contributed by atoms with van der Waals surface area (Å²) in [5.74, 6) is 0.568. The third-order valence-corrected chi connectivity index (χ3v) is 4.55. The summed E-state index contributed by atoms with van der Waals surface area (Å²) < 4.78 is 6.59. The second-order valence-electron chi connectivity index (χ2n) is 6.08. The van der Waals surface area contributed by atoms with Crippen molar-refractivity contribution in [1.82, 2.24) is 19.4 Å². The third-order valence-electron chi connectivity index (χ3n) is 4.55. The molecule has 0 aliphatic carbocycles. The van der Waals surface area contributed by atoms with E-state index in [1.807, 2.05) is 11.0 Å². The van der Waals surface area contributed by atoms with E-state index in [9.17, 15) is 9.59 Å². The molecule has 3 heterocycles. The summed E-state index contributed by atoms with van der Waals surface area (Å²) in [6.45, 7) is 1.33. The zero-order chi connectivity index (χ0) is 16.5. The minimum absolute atomic E-state index is 0.000716. The van der Waals surface area contributed by atoms with Crippen LogP contribution < -0.4 is 5.76 Å². The van der Waals surface area contributed by atoms with Crippen LogP contribution in [-0.2, 0) is 11.3 Å². The third kappa shape index (κ3) is 2.62. The first-order valence-corrected chi connectivity index (χ1v) is 8.08. The maximum Gasteiger partial charge on any atom is 0.420 e. The van der Waals surface area contributed by atoms with E-state index in [0.29, 0.717) is 24.2 Å². The molecule has 2 aromatic heterocycles. The molecular formula is C17H18N4O3. The fraction of sp³-hybridized carbons (Fsp3) is 0.353. The molecule has 0 saturated carbocycles. The van der Waals surface area contributed by atoms with E-state index in [-0.39, 0.29) is 18.4 Å². The molecule has 1 fully saturated rings. The van der Waals surface area contributed by atoms with Gasteiger partial charge in [-0.2, -0.15) is 0 Å². The predicted octanol–water partition coefficient (Wildman–Crippen LogP) is 1.72. The molecule has 7 nitrogen and oxygen atoms in total. The SMILES string of the molecule is O=C(Cn1c(=O)oc2ccccc21)N1CCCC(c2ncc[nH]2)C1. The van der Waals surface area contributed by atoms with Gasteiger partial charge in [-0.3, -0.25) is 9.36 Å². The minimum Gasteiger partial charge on any atom is -0.408 e. The minimum atomic E-state index is -0.496. The maximum absolute atomic E-state index is 12.7. The fourth-order valence-corrected chi connectivity index (χ4v) is 3.33. The van der Waals surface area contributed by atoms with Gasteiger partial charge in [-0.15, -0.1) is 0 Å². The van der Waals surface area contributed by atoms with Crippen LogP contribution >= 0.6 is 0 Å². The molecule has 1 atom stereocenters. The van der Waals surface area contributed by atoms with Crippen LogP contribution in [0, 0.1) is 0 Å². The van der Waals surface area contributed by atoms with E-state index in [2.05, 4.69) is 9.97 Å². The predicted molar refractivity (Wildman–Crippen MR) is 87.6 cm³/mol. The van der Waals surface area contributed by atoms with Crippen molar-refractivity contribution in [2.45, 2.75) is 25.3 Å². The molecule has 7 heteroatoms. The van der Waals surface area contributed by atoms with Crippen molar-refractivity contribution >= 4 is 17.0 Å². The van der Waals surface area contributed by atoms with Gasteiger partial charge in [0.05, 0.1) is 5.52 Å². The number of carbonyl (C=O) groups is 1. The normalized spacial score (nSPS) is 18.2. The molecule has 1 aromatic carbocycles. The average Bonchev–Trinajstić information content (AvgIpc) is 3.24. The Morgan fingerprint density at radius 1 is 1.38 bits per heavy atom. The van der Waals surface area contributed by atoms with Crippen molar-refractivity contribution in [1.29, 1.82) is 0 Å². The maximum atomic E-state index is 12.7. The number of rotatable bonds is 3. The largest absolute Gasteiger partial charge is 0.420 e. The van der Waals surface area contributed by atoms with E-state index in [1.54, 1.807) is 30.6 Å². The van der Waals surface area contributed by atoms with Gasteiger partial charge in [0.2, 0.25) is 5.91 Å². The topological polar surface area (TPSA) is 84.1 Å². The van der Waals surface area contributed by atoms with Crippen molar-refractivity contribution < 1.29 is 9.21 Å². The number of hydrogen-bond donors (Lipinski definition) is 1. The van der Waals surface area contributed by atoms with Crippen LogP contribution in [0.25, 0.3) is 11.1 Å². The molecule has 1 amide bonds. The summed E-state index contributed by atoms with van der Waals surface area (Å²) in [5.41, 5.74) is 1.15. The molecule has 0 radical (unpaired) electrons. The second-order valence-corrected chi connectivity index (χ2v) is 6.08. The lowest BCUT2D eigenvalue weighted by atomic mass is 9.97. The van der Waals surface area contributed by atoms with Crippen molar-refractivity contribution in [2.24, 2.45) is 0 Å². The number of carbonyl (C=O) groups excluding carboxylic acids is 1. The Bertz CT molecular complexity index is 909. The monoisotopic (exact) mass is 326 g/mol. The molecule has 4 rings (SSSR count). The Labute approximate surface area is 137 Å². The molecule has 1 aliphatic rings. The molecule has 3 aromatic rings. The highest BCUT2D eigenvalue weighted by atomic mass is 16.4. The number of amides is 1.